The Morgan fingerprint density at radius 3 is 2.78 bits per heavy atom. The van der Waals surface area contributed by atoms with E-state index in [1.54, 1.807) is 6.21 Å². The molecule has 3 nitrogen and oxygen atoms in total. The summed E-state index contributed by atoms with van der Waals surface area (Å²) in [5.74, 6) is 5.90. The molecular weight excluding hydrogens is 248 g/mol. The van der Waals surface area contributed by atoms with Crippen LogP contribution < -0.4 is 10.6 Å². The fraction of sp³-hybridized carbons (Fsp3) is 0.0714. The number of hydrogen-bond acceptors (Lipinski definition) is 3. The molecule has 0 unspecified atom stereocenters. The zero-order valence-electron chi connectivity index (χ0n) is 9.71. The highest BCUT2D eigenvalue weighted by Crippen LogP contribution is 2.18. The highest BCUT2D eigenvalue weighted by atomic mass is 35.5. The Morgan fingerprint density at radius 1 is 1.17 bits per heavy atom. The van der Waals surface area contributed by atoms with E-state index in [0.717, 1.165) is 16.9 Å². The second kappa shape index (κ2) is 6.07. The van der Waals surface area contributed by atoms with Crippen LogP contribution >= 0.6 is 11.6 Å². The zero-order chi connectivity index (χ0) is 12.8. The van der Waals surface area contributed by atoms with Crippen LogP contribution in [-0.2, 0) is 6.61 Å². The summed E-state index contributed by atoms with van der Waals surface area (Å²) in [4.78, 5) is 0. The number of nitrogens with zero attached hydrogens (tertiary/aromatic N) is 1. The first kappa shape index (κ1) is 12.5. The lowest BCUT2D eigenvalue weighted by Gasteiger charge is -2.08. The first-order valence-electron chi connectivity index (χ1n) is 5.49. The molecule has 2 aromatic rings. The predicted molar refractivity (Wildman–Crippen MR) is 74.0 cm³/mol. The third-order valence-corrected chi connectivity index (χ3v) is 2.65. The summed E-state index contributed by atoms with van der Waals surface area (Å²) < 4.78 is 5.73. The molecule has 0 saturated heterocycles. The van der Waals surface area contributed by atoms with Crippen molar-refractivity contribution in [2.24, 2.45) is 10.9 Å². The second-order valence-electron chi connectivity index (χ2n) is 3.73. The monoisotopic (exact) mass is 260 g/mol. The number of halogens is 1. The van der Waals surface area contributed by atoms with E-state index in [4.69, 9.17) is 22.2 Å². The maximum atomic E-state index is 5.91. The van der Waals surface area contributed by atoms with Crippen molar-refractivity contribution in [3.8, 4) is 5.75 Å². The van der Waals surface area contributed by atoms with Gasteiger partial charge in [0.15, 0.2) is 0 Å². The average Bonchev–Trinajstić information content (AvgIpc) is 2.38. The molecule has 2 N–H and O–H groups in total. The van der Waals surface area contributed by atoms with Crippen molar-refractivity contribution in [3.05, 3.63) is 64.7 Å². The minimum absolute atomic E-state index is 0.454. The molecule has 0 bridgehead atoms. The Labute approximate surface area is 111 Å². The summed E-state index contributed by atoms with van der Waals surface area (Å²) in [5, 5.41) is 4.21. The first-order valence-corrected chi connectivity index (χ1v) is 5.87. The van der Waals surface area contributed by atoms with Crippen molar-refractivity contribution in [3.63, 3.8) is 0 Å². The van der Waals surface area contributed by atoms with Gasteiger partial charge < -0.3 is 10.6 Å². The molecule has 2 rings (SSSR count). The Hall–Kier alpha value is -2.00. The van der Waals surface area contributed by atoms with Gasteiger partial charge >= 0.3 is 0 Å². The van der Waals surface area contributed by atoms with Crippen LogP contribution in [0.15, 0.2) is 53.6 Å². The number of hydrazone groups is 1. The number of hydrogen-bond donors (Lipinski definition) is 1. The molecule has 0 aliphatic carbocycles. The van der Waals surface area contributed by atoms with Gasteiger partial charge in [-0.3, -0.25) is 0 Å². The number of nitrogens with two attached hydrogens (primary N) is 1. The van der Waals surface area contributed by atoms with Crippen molar-refractivity contribution < 1.29 is 4.74 Å². The highest BCUT2D eigenvalue weighted by molar-refractivity contribution is 6.30. The second-order valence-corrected chi connectivity index (χ2v) is 4.17. The molecule has 0 saturated carbocycles. The first-order chi connectivity index (χ1) is 8.79. The Morgan fingerprint density at radius 2 is 2.00 bits per heavy atom. The lowest BCUT2D eigenvalue weighted by molar-refractivity contribution is 0.306. The van der Waals surface area contributed by atoms with E-state index in [1.807, 2.05) is 48.5 Å². The summed E-state index contributed by atoms with van der Waals surface area (Å²) in [7, 11) is 0. The molecule has 4 heteroatoms. The molecule has 0 aliphatic heterocycles. The van der Waals surface area contributed by atoms with E-state index in [2.05, 4.69) is 5.10 Å². The molecule has 0 amide bonds. The molecule has 0 fully saturated rings. The molecule has 0 aromatic heterocycles. The van der Waals surface area contributed by atoms with Gasteiger partial charge in [-0.15, -0.1) is 0 Å². The van der Waals surface area contributed by atoms with Crippen LogP contribution in [0.1, 0.15) is 11.1 Å². The number of benzene rings is 2. The largest absolute Gasteiger partial charge is 0.488 e. The summed E-state index contributed by atoms with van der Waals surface area (Å²) in [5.41, 5.74) is 1.86. The fourth-order valence-electron chi connectivity index (χ4n) is 1.59. The fourth-order valence-corrected chi connectivity index (χ4v) is 1.80. The van der Waals surface area contributed by atoms with Gasteiger partial charge in [0, 0.05) is 10.6 Å². The van der Waals surface area contributed by atoms with E-state index >= 15 is 0 Å². The maximum Gasteiger partial charge on any atom is 0.128 e. The van der Waals surface area contributed by atoms with Gasteiger partial charge in [0.25, 0.3) is 0 Å². The molecule has 0 radical (unpaired) electrons. The predicted octanol–water partition coefficient (Wildman–Crippen LogP) is 3.21. The molecule has 0 heterocycles. The van der Waals surface area contributed by atoms with Gasteiger partial charge in [-0.25, -0.2) is 0 Å². The normalized spacial score (nSPS) is 10.7. The van der Waals surface area contributed by atoms with E-state index < -0.39 is 0 Å². The standard InChI is InChI=1S/C14H13ClN2O/c15-13-6-3-4-11(8-13)10-18-14-7-2-1-5-12(14)9-17-16/h1-9H,10,16H2. The van der Waals surface area contributed by atoms with Crippen LogP contribution in [0.25, 0.3) is 0 Å². The summed E-state index contributed by atoms with van der Waals surface area (Å²) in [6, 6.07) is 15.1. The van der Waals surface area contributed by atoms with E-state index in [1.165, 1.54) is 0 Å². The molecule has 0 atom stereocenters. The van der Waals surface area contributed by atoms with Gasteiger partial charge in [-0.2, -0.15) is 5.10 Å². The summed E-state index contributed by atoms with van der Waals surface area (Å²) >= 11 is 5.91. The number of ether oxygens (including phenoxy) is 1. The Kier molecular flexibility index (Phi) is 4.20. The summed E-state index contributed by atoms with van der Waals surface area (Å²) in [6.45, 7) is 0.454. The summed E-state index contributed by atoms with van der Waals surface area (Å²) in [6.07, 6.45) is 1.56. The van der Waals surface area contributed by atoms with Crippen LogP contribution in [0.3, 0.4) is 0 Å². The average molecular weight is 261 g/mol. The van der Waals surface area contributed by atoms with Gasteiger partial charge in [0.1, 0.15) is 12.4 Å². The molecule has 92 valence electrons. The number of rotatable bonds is 4. The minimum atomic E-state index is 0.454. The SMILES string of the molecule is NN=Cc1ccccc1OCc1cccc(Cl)c1. The van der Waals surface area contributed by atoms with Crippen LogP contribution in [0, 0.1) is 0 Å². The van der Waals surface area contributed by atoms with E-state index in [9.17, 15) is 0 Å². The van der Waals surface area contributed by atoms with Gasteiger partial charge in [-0.05, 0) is 29.8 Å². The van der Waals surface area contributed by atoms with Crippen LogP contribution in [0.2, 0.25) is 5.02 Å². The van der Waals surface area contributed by atoms with Crippen molar-refractivity contribution in [2.75, 3.05) is 0 Å². The highest BCUT2D eigenvalue weighted by Gasteiger charge is 2.01. The van der Waals surface area contributed by atoms with Crippen molar-refractivity contribution in [1.29, 1.82) is 0 Å². The Balaban J connectivity index is 2.10. The van der Waals surface area contributed by atoms with E-state index in [-0.39, 0.29) is 0 Å². The van der Waals surface area contributed by atoms with Crippen molar-refractivity contribution in [1.82, 2.24) is 0 Å². The third kappa shape index (κ3) is 3.25. The van der Waals surface area contributed by atoms with Crippen LogP contribution in [0.5, 0.6) is 5.75 Å². The zero-order valence-corrected chi connectivity index (χ0v) is 10.5. The maximum absolute atomic E-state index is 5.91. The van der Waals surface area contributed by atoms with E-state index in [0.29, 0.717) is 11.6 Å². The topological polar surface area (TPSA) is 47.6 Å². The van der Waals surface area contributed by atoms with Crippen molar-refractivity contribution in [2.45, 2.75) is 6.61 Å². The molecule has 2 aromatic carbocycles. The smallest absolute Gasteiger partial charge is 0.128 e. The third-order valence-electron chi connectivity index (χ3n) is 2.42. The molecule has 0 aliphatic rings. The lowest BCUT2D eigenvalue weighted by Crippen LogP contribution is -1.98. The van der Waals surface area contributed by atoms with Gasteiger partial charge in [0.2, 0.25) is 0 Å². The van der Waals surface area contributed by atoms with Crippen LogP contribution in [-0.4, -0.2) is 6.21 Å². The Bertz CT molecular complexity index is 555. The van der Waals surface area contributed by atoms with Gasteiger partial charge in [0.05, 0.1) is 6.21 Å². The minimum Gasteiger partial charge on any atom is -0.488 e. The molecule has 18 heavy (non-hydrogen) atoms. The van der Waals surface area contributed by atoms with Crippen LogP contribution in [0.4, 0.5) is 0 Å². The van der Waals surface area contributed by atoms with Gasteiger partial charge in [-0.1, -0.05) is 35.9 Å². The molecule has 0 spiro atoms. The number of para-hydroxylation sites is 1. The quantitative estimate of drug-likeness (QED) is 0.521. The lowest BCUT2D eigenvalue weighted by atomic mass is 10.2. The molecular formula is C14H13ClN2O. The van der Waals surface area contributed by atoms with Crippen molar-refractivity contribution >= 4 is 17.8 Å².